The van der Waals surface area contributed by atoms with E-state index in [-0.39, 0.29) is 12.1 Å². The lowest BCUT2D eigenvalue weighted by Gasteiger charge is -2.13. The number of amides is 1. The Balaban J connectivity index is 1.62. The molecule has 158 valence electrons. The number of fused-ring (bicyclic) bond motifs is 1. The van der Waals surface area contributed by atoms with Crippen LogP contribution < -0.4 is 15.6 Å². The van der Waals surface area contributed by atoms with Crippen LogP contribution in [0.1, 0.15) is 11.1 Å². The molecule has 0 aliphatic heterocycles. The number of carbonyl (C=O) groups excluding carboxylic acids is 1. The molecule has 31 heavy (non-hydrogen) atoms. The van der Waals surface area contributed by atoms with Crippen molar-refractivity contribution in [2.75, 3.05) is 12.4 Å². The van der Waals surface area contributed by atoms with E-state index >= 15 is 0 Å². The molecule has 2 heterocycles. The molecule has 0 aliphatic carbocycles. The standard InChI is InChI=1S/C22H20ClN5O3/c1-13-6-4-5-7-18(13)28-21-15(10-25-28)22(30)27(12-24-21)11-20(29)26-17-8-14(2)16(23)9-19(17)31-3/h4-10,12H,11H2,1-3H3,(H,26,29). The van der Waals surface area contributed by atoms with Crippen LogP contribution in [0.5, 0.6) is 5.75 Å². The number of hydrogen-bond acceptors (Lipinski definition) is 5. The molecule has 0 saturated heterocycles. The van der Waals surface area contributed by atoms with Crippen molar-refractivity contribution in [3.8, 4) is 11.4 Å². The minimum atomic E-state index is -0.394. The van der Waals surface area contributed by atoms with E-state index in [0.717, 1.165) is 16.8 Å². The summed E-state index contributed by atoms with van der Waals surface area (Å²) in [4.78, 5) is 29.9. The first-order chi connectivity index (χ1) is 14.9. The number of hydrogen-bond donors (Lipinski definition) is 1. The second-order valence-electron chi connectivity index (χ2n) is 7.11. The van der Waals surface area contributed by atoms with Gasteiger partial charge in [0.25, 0.3) is 5.56 Å². The Kier molecular flexibility index (Phi) is 5.48. The fourth-order valence-corrected chi connectivity index (χ4v) is 3.47. The van der Waals surface area contributed by atoms with Crippen molar-refractivity contribution in [2.24, 2.45) is 0 Å². The van der Waals surface area contributed by atoms with Crippen LogP contribution in [0.25, 0.3) is 16.7 Å². The van der Waals surface area contributed by atoms with Gasteiger partial charge in [-0.05, 0) is 37.1 Å². The summed E-state index contributed by atoms with van der Waals surface area (Å²) in [5.74, 6) is 0.0407. The molecule has 0 aliphatic rings. The first-order valence-electron chi connectivity index (χ1n) is 9.52. The van der Waals surface area contributed by atoms with E-state index in [9.17, 15) is 9.59 Å². The van der Waals surface area contributed by atoms with Crippen molar-refractivity contribution in [2.45, 2.75) is 20.4 Å². The number of anilines is 1. The molecule has 0 radical (unpaired) electrons. The van der Waals surface area contributed by atoms with Crippen LogP contribution in [0.4, 0.5) is 5.69 Å². The van der Waals surface area contributed by atoms with Crippen molar-refractivity contribution in [3.05, 3.63) is 75.4 Å². The van der Waals surface area contributed by atoms with E-state index in [0.29, 0.717) is 27.5 Å². The van der Waals surface area contributed by atoms with Crippen molar-refractivity contribution >= 4 is 34.2 Å². The average Bonchev–Trinajstić information content (AvgIpc) is 3.17. The molecule has 8 nitrogen and oxygen atoms in total. The van der Waals surface area contributed by atoms with Gasteiger partial charge in [-0.1, -0.05) is 29.8 Å². The SMILES string of the molecule is COc1cc(Cl)c(C)cc1NC(=O)Cn1cnc2c(cnn2-c2ccccc2C)c1=O. The van der Waals surface area contributed by atoms with Crippen LogP contribution >= 0.6 is 11.6 Å². The van der Waals surface area contributed by atoms with Crippen LogP contribution in [-0.4, -0.2) is 32.3 Å². The lowest BCUT2D eigenvalue weighted by molar-refractivity contribution is -0.116. The van der Waals surface area contributed by atoms with Crippen LogP contribution in [0, 0.1) is 13.8 Å². The summed E-state index contributed by atoms with van der Waals surface area (Å²) in [6, 6.07) is 11.0. The summed E-state index contributed by atoms with van der Waals surface area (Å²) >= 11 is 6.11. The number of halogens is 1. The number of ether oxygens (including phenoxy) is 1. The Morgan fingerprint density at radius 3 is 2.71 bits per heavy atom. The van der Waals surface area contributed by atoms with Gasteiger partial charge in [0.15, 0.2) is 5.65 Å². The normalized spacial score (nSPS) is 11.0. The van der Waals surface area contributed by atoms with E-state index in [4.69, 9.17) is 16.3 Å². The van der Waals surface area contributed by atoms with Crippen LogP contribution in [0.15, 0.2) is 53.7 Å². The molecular weight excluding hydrogens is 418 g/mol. The Labute approximate surface area is 183 Å². The monoisotopic (exact) mass is 437 g/mol. The molecule has 0 fully saturated rings. The molecule has 1 amide bonds. The number of para-hydroxylation sites is 1. The Bertz CT molecular complexity index is 1360. The molecule has 4 rings (SSSR count). The van der Waals surface area contributed by atoms with E-state index < -0.39 is 5.91 Å². The lowest BCUT2D eigenvalue weighted by atomic mass is 10.2. The first kappa shape index (κ1) is 20.6. The molecule has 0 saturated carbocycles. The maximum Gasteiger partial charge on any atom is 0.264 e. The van der Waals surface area contributed by atoms with Gasteiger partial charge in [0, 0.05) is 11.1 Å². The van der Waals surface area contributed by atoms with Gasteiger partial charge in [0.05, 0.1) is 24.7 Å². The van der Waals surface area contributed by atoms with Gasteiger partial charge in [-0.3, -0.25) is 14.2 Å². The number of benzene rings is 2. The molecular formula is C22H20ClN5O3. The quantitative estimate of drug-likeness (QED) is 0.516. The third kappa shape index (κ3) is 3.89. The summed E-state index contributed by atoms with van der Waals surface area (Å²) in [6.45, 7) is 3.58. The van der Waals surface area contributed by atoms with Crippen molar-refractivity contribution in [3.63, 3.8) is 0 Å². The summed E-state index contributed by atoms with van der Waals surface area (Å²) in [5.41, 5.74) is 3.20. The molecule has 9 heteroatoms. The van der Waals surface area contributed by atoms with Gasteiger partial charge in [-0.25, -0.2) is 9.67 Å². The molecule has 2 aromatic heterocycles. The third-order valence-electron chi connectivity index (χ3n) is 4.97. The summed E-state index contributed by atoms with van der Waals surface area (Å²) in [6.07, 6.45) is 2.82. The smallest absolute Gasteiger partial charge is 0.264 e. The summed E-state index contributed by atoms with van der Waals surface area (Å²) < 4.78 is 8.15. The fraction of sp³-hybridized carbons (Fsp3) is 0.182. The van der Waals surface area contributed by atoms with Crippen LogP contribution in [0.2, 0.25) is 5.02 Å². The third-order valence-corrected chi connectivity index (χ3v) is 5.37. The van der Waals surface area contributed by atoms with Crippen LogP contribution in [-0.2, 0) is 11.3 Å². The Hall–Kier alpha value is -3.65. The summed E-state index contributed by atoms with van der Waals surface area (Å²) in [7, 11) is 1.49. The second kappa shape index (κ2) is 8.23. The van der Waals surface area contributed by atoms with Gasteiger partial charge in [0.2, 0.25) is 5.91 Å². The highest BCUT2D eigenvalue weighted by molar-refractivity contribution is 6.31. The van der Waals surface area contributed by atoms with Gasteiger partial charge < -0.3 is 10.1 Å². The zero-order chi connectivity index (χ0) is 22.1. The van der Waals surface area contributed by atoms with Crippen molar-refractivity contribution in [1.29, 1.82) is 0 Å². The first-order valence-corrected chi connectivity index (χ1v) is 9.90. The summed E-state index contributed by atoms with van der Waals surface area (Å²) in [5, 5.41) is 7.95. The number of nitrogens with one attached hydrogen (secondary N) is 1. The average molecular weight is 438 g/mol. The molecule has 1 N–H and O–H groups in total. The topological polar surface area (TPSA) is 91.0 Å². The maximum absolute atomic E-state index is 12.9. The van der Waals surface area contributed by atoms with Gasteiger partial charge >= 0.3 is 0 Å². The van der Waals surface area contributed by atoms with Gasteiger partial charge in [-0.15, -0.1) is 0 Å². The second-order valence-corrected chi connectivity index (χ2v) is 7.51. The van der Waals surface area contributed by atoms with Crippen molar-refractivity contribution in [1.82, 2.24) is 19.3 Å². The maximum atomic E-state index is 12.9. The van der Waals surface area contributed by atoms with Crippen LogP contribution in [0.3, 0.4) is 0 Å². The van der Waals surface area contributed by atoms with E-state index in [2.05, 4.69) is 15.4 Å². The number of aryl methyl sites for hydroxylation is 2. The highest BCUT2D eigenvalue weighted by atomic mass is 35.5. The molecule has 0 bridgehead atoms. The number of nitrogens with zero attached hydrogens (tertiary/aromatic N) is 4. The zero-order valence-corrected chi connectivity index (χ0v) is 18.0. The van der Waals surface area contributed by atoms with Gasteiger partial charge in [-0.2, -0.15) is 5.10 Å². The molecule has 0 spiro atoms. The highest BCUT2D eigenvalue weighted by Crippen LogP contribution is 2.30. The predicted octanol–water partition coefficient (Wildman–Crippen LogP) is 3.50. The number of aromatic nitrogens is 4. The Morgan fingerprint density at radius 2 is 1.97 bits per heavy atom. The Morgan fingerprint density at radius 1 is 1.19 bits per heavy atom. The largest absolute Gasteiger partial charge is 0.495 e. The highest BCUT2D eigenvalue weighted by Gasteiger charge is 2.15. The van der Waals surface area contributed by atoms with E-state index in [1.807, 2.05) is 38.1 Å². The zero-order valence-electron chi connectivity index (χ0n) is 17.2. The predicted molar refractivity (Wildman–Crippen MR) is 119 cm³/mol. The number of methoxy groups -OCH3 is 1. The number of carbonyl (C=O) groups is 1. The van der Waals surface area contributed by atoms with Crippen molar-refractivity contribution < 1.29 is 9.53 Å². The number of rotatable bonds is 5. The lowest BCUT2D eigenvalue weighted by Crippen LogP contribution is -2.28. The molecule has 4 aromatic rings. The minimum absolute atomic E-state index is 0.206. The molecule has 2 aromatic carbocycles. The molecule has 0 unspecified atom stereocenters. The van der Waals surface area contributed by atoms with Gasteiger partial charge in [0.1, 0.15) is 24.0 Å². The molecule has 0 atom stereocenters. The minimum Gasteiger partial charge on any atom is -0.495 e. The fourth-order valence-electron chi connectivity index (χ4n) is 3.31. The van der Waals surface area contributed by atoms with E-state index in [1.54, 1.807) is 16.8 Å². The van der Waals surface area contributed by atoms with E-state index in [1.165, 1.54) is 24.2 Å².